The van der Waals surface area contributed by atoms with Gasteiger partial charge in [-0.15, -0.1) is 0 Å². The quantitative estimate of drug-likeness (QED) is 0.366. The number of aliphatic imine (C=N–C) groups is 1. The molecule has 0 saturated heterocycles. The number of nitro groups is 1. The zero-order chi connectivity index (χ0) is 13.2. The number of pyridine rings is 1. The summed E-state index contributed by atoms with van der Waals surface area (Å²) in [5, 5.41) is 10.8. The average molecular weight is 289 g/mol. The predicted octanol–water partition coefficient (Wildman–Crippen LogP) is 1.70. The van der Waals surface area contributed by atoms with Crippen LogP contribution in [0.4, 0.5) is 0 Å². The van der Waals surface area contributed by atoms with Gasteiger partial charge in [-0.3, -0.25) is 20.1 Å². The molecule has 0 aliphatic carbocycles. The third-order valence-electron chi connectivity index (χ3n) is 2.55. The van der Waals surface area contributed by atoms with Gasteiger partial charge in [-0.1, -0.05) is 0 Å². The SMILES string of the molecule is O=[N+]([O-])C(Cl)(Cl)C1=NCCN1Cc1ccncc1. The fourth-order valence-corrected chi connectivity index (χ4v) is 2.07. The summed E-state index contributed by atoms with van der Waals surface area (Å²) in [5.74, 6) is 0.0904. The molecular weight excluding hydrogens is 279 g/mol. The van der Waals surface area contributed by atoms with Gasteiger partial charge in [0.2, 0.25) is 5.84 Å². The second-order valence-electron chi connectivity index (χ2n) is 3.78. The second-order valence-corrected chi connectivity index (χ2v) is 5.07. The molecule has 0 amide bonds. The van der Waals surface area contributed by atoms with Gasteiger partial charge >= 0.3 is 4.46 Å². The Labute approximate surface area is 113 Å². The van der Waals surface area contributed by atoms with Crippen molar-refractivity contribution in [2.45, 2.75) is 11.0 Å². The van der Waals surface area contributed by atoms with Crippen LogP contribution in [-0.4, -0.2) is 38.2 Å². The van der Waals surface area contributed by atoms with Gasteiger partial charge in [-0.2, -0.15) is 0 Å². The lowest BCUT2D eigenvalue weighted by Gasteiger charge is -2.22. The van der Waals surface area contributed by atoms with E-state index in [0.29, 0.717) is 19.6 Å². The number of rotatable bonds is 4. The maximum Gasteiger partial charge on any atom is 0.428 e. The predicted molar refractivity (Wildman–Crippen MR) is 68.4 cm³/mol. The highest BCUT2D eigenvalue weighted by Gasteiger charge is 2.48. The molecule has 0 atom stereocenters. The molecule has 1 aliphatic heterocycles. The van der Waals surface area contributed by atoms with Gasteiger partial charge in [-0.25, -0.2) is 0 Å². The van der Waals surface area contributed by atoms with Crippen molar-refractivity contribution in [3.63, 3.8) is 0 Å². The van der Waals surface area contributed by atoms with Crippen molar-refractivity contribution in [1.82, 2.24) is 9.88 Å². The first-order valence-corrected chi connectivity index (χ1v) is 5.98. The lowest BCUT2D eigenvalue weighted by molar-refractivity contribution is -0.497. The molecule has 0 spiro atoms. The van der Waals surface area contributed by atoms with E-state index >= 15 is 0 Å². The second kappa shape index (κ2) is 5.07. The maximum atomic E-state index is 10.8. The number of nitrogens with zero attached hydrogens (tertiary/aromatic N) is 4. The molecule has 0 radical (unpaired) electrons. The fraction of sp³-hybridized carbons (Fsp3) is 0.400. The number of alkyl halides is 2. The average Bonchev–Trinajstić information content (AvgIpc) is 2.79. The normalized spacial score (nSPS) is 15.7. The van der Waals surface area contributed by atoms with Crippen LogP contribution in [0.1, 0.15) is 5.56 Å². The molecule has 0 saturated carbocycles. The van der Waals surface area contributed by atoms with Gasteiger partial charge in [0.25, 0.3) is 0 Å². The molecule has 0 aromatic carbocycles. The minimum Gasteiger partial charge on any atom is -0.346 e. The van der Waals surface area contributed by atoms with E-state index in [1.165, 1.54) is 0 Å². The van der Waals surface area contributed by atoms with E-state index in [2.05, 4.69) is 9.98 Å². The first-order valence-electron chi connectivity index (χ1n) is 5.23. The van der Waals surface area contributed by atoms with Crippen molar-refractivity contribution in [2.75, 3.05) is 13.1 Å². The van der Waals surface area contributed by atoms with E-state index in [1.807, 2.05) is 12.1 Å². The van der Waals surface area contributed by atoms with Crippen molar-refractivity contribution in [3.8, 4) is 0 Å². The molecule has 0 fully saturated rings. The minimum atomic E-state index is -2.19. The first kappa shape index (κ1) is 13.0. The number of aromatic nitrogens is 1. The van der Waals surface area contributed by atoms with Crippen molar-refractivity contribution in [2.24, 2.45) is 4.99 Å². The summed E-state index contributed by atoms with van der Waals surface area (Å²) in [6.07, 6.45) is 3.31. The Morgan fingerprint density at radius 1 is 1.44 bits per heavy atom. The van der Waals surface area contributed by atoms with Crippen molar-refractivity contribution >= 4 is 29.0 Å². The Bertz CT molecular complexity index is 478. The van der Waals surface area contributed by atoms with Crippen LogP contribution < -0.4 is 0 Å². The summed E-state index contributed by atoms with van der Waals surface area (Å²) in [6, 6.07) is 3.65. The largest absolute Gasteiger partial charge is 0.428 e. The van der Waals surface area contributed by atoms with Gasteiger partial charge in [0.15, 0.2) is 0 Å². The molecule has 1 aromatic rings. The van der Waals surface area contributed by atoms with Gasteiger partial charge in [0, 0.05) is 25.5 Å². The van der Waals surface area contributed by atoms with E-state index in [0.717, 1.165) is 5.56 Å². The van der Waals surface area contributed by atoms with Crippen LogP contribution >= 0.6 is 23.2 Å². The van der Waals surface area contributed by atoms with Gasteiger partial charge < -0.3 is 4.90 Å². The Morgan fingerprint density at radius 3 is 2.72 bits per heavy atom. The summed E-state index contributed by atoms with van der Waals surface area (Å²) in [5.41, 5.74) is 0.965. The van der Waals surface area contributed by atoms with Gasteiger partial charge in [0.05, 0.1) is 11.5 Å². The van der Waals surface area contributed by atoms with Crippen LogP contribution in [0.5, 0.6) is 0 Å². The molecule has 96 valence electrons. The lowest BCUT2D eigenvalue weighted by atomic mass is 10.2. The van der Waals surface area contributed by atoms with Crippen LogP contribution in [0.15, 0.2) is 29.5 Å². The lowest BCUT2D eigenvalue weighted by Crippen LogP contribution is -2.44. The topological polar surface area (TPSA) is 71.6 Å². The van der Waals surface area contributed by atoms with Gasteiger partial charge in [0.1, 0.15) is 0 Å². The first-order chi connectivity index (χ1) is 8.51. The van der Waals surface area contributed by atoms with E-state index in [1.54, 1.807) is 17.3 Å². The fourth-order valence-electron chi connectivity index (χ4n) is 1.71. The Hall–Kier alpha value is -1.40. The zero-order valence-corrected chi connectivity index (χ0v) is 10.8. The third-order valence-corrected chi connectivity index (χ3v) is 3.17. The van der Waals surface area contributed by atoms with Crippen LogP contribution in [-0.2, 0) is 6.54 Å². The molecule has 0 unspecified atom stereocenters. The highest BCUT2D eigenvalue weighted by atomic mass is 35.5. The van der Waals surface area contributed by atoms with Crippen LogP contribution in [0.3, 0.4) is 0 Å². The summed E-state index contributed by atoms with van der Waals surface area (Å²) >= 11 is 11.4. The molecule has 2 heterocycles. The summed E-state index contributed by atoms with van der Waals surface area (Å²) in [4.78, 5) is 19.7. The number of hydrogen-bond donors (Lipinski definition) is 0. The summed E-state index contributed by atoms with van der Waals surface area (Å²) < 4.78 is -2.19. The molecule has 2 rings (SSSR count). The number of amidine groups is 1. The molecule has 1 aromatic heterocycles. The molecule has 6 nitrogen and oxygen atoms in total. The summed E-state index contributed by atoms with van der Waals surface area (Å²) in [6.45, 7) is 1.48. The number of hydrogen-bond acceptors (Lipinski definition) is 5. The van der Waals surface area contributed by atoms with E-state index in [4.69, 9.17) is 23.2 Å². The highest BCUT2D eigenvalue weighted by Crippen LogP contribution is 2.28. The van der Waals surface area contributed by atoms with Crippen LogP contribution in [0.2, 0.25) is 0 Å². The minimum absolute atomic E-state index is 0.0904. The summed E-state index contributed by atoms with van der Waals surface area (Å²) in [7, 11) is 0. The number of halogens is 2. The standard InChI is InChI=1S/C10H10Cl2N4O2/c11-10(12,16(17)18)9-14-5-6-15(9)7-8-1-3-13-4-2-8/h1-4H,5-7H2. The Kier molecular flexibility index (Phi) is 3.68. The smallest absolute Gasteiger partial charge is 0.346 e. The van der Waals surface area contributed by atoms with Crippen molar-refractivity contribution < 1.29 is 4.92 Å². The highest BCUT2D eigenvalue weighted by molar-refractivity contribution is 6.57. The molecule has 1 aliphatic rings. The molecular formula is C10H10Cl2N4O2. The zero-order valence-electron chi connectivity index (χ0n) is 9.29. The van der Waals surface area contributed by atoms with E-state index in [-0.39, 0.29) is 5.84 Å². The Balaban J connectivity index is 2.16. The van der Waals surface area contributed by atoms with Crippen LogP contribution in [0, 0.1) is 10.1 Å². The van der Waals surface area contributed by atoms with Crippen LogP contribution in [0.25, 0.3) is 0 Å². The maximum absolute atomic E-state index is 10.8. The monoisotopic (exact) mass is 288 g/mol. The van der Waals surface area contributed by atoms with E-state index in [9.17, 15) is 10.1 Å². The molecule has 8 heteroatoms. The third kappa shape index (κ3) is 2.54. The van der Waals surface area contributed by atoms with Gasteiger partial charge in [-0.05, 0) is 40.9 Å². The van der Waals surface area contributed by atoms with E-state index < -0.39 is 9.38 Å². The molecule has 0 bridgehead atoms. The van der Waals surface area contributed by atoms with Crippen molar-refractivity contribution in [3.05, 3.63) is 40.2 Å². The molecule has 18 heavy (non-hydrogen) atoms. The van der Waals surface area contributed by atoms with Crippen molar-refractivity contribution in [1.29, 1.82) is 0 Å². The molecule has 0 N–H and O–H groups in total. The Morgan fingerprint density at radius 2 is 2.11 bits per heavy atom.